The van der Waals surface area contributed by atoms with E-state index in [1.54, 1.807) is 4.90 Å². The summed E-state index contributed by atoms with van der Waals surface area (Å²) in [5.74, 6) is 0. The highest BCUT2D eigenvalue weighted by Gasteiger charge is 2.33. The number of rotatable bonds is 5. The Morgan fingerprint density at radius 2 is 1.68 bits per heavy atom. The summed E-state index contributed by atoms with van der Waals surface area (Å²) in [6, 6.07) is 8.05. The molecule has 1 aliphatic heterocycles. The fourth-order valence-electron chi connectivity index (χ4n) is 4.41. The van der Waals surface area contributed by atoms with Crippen molar-refractivity contribution in [3.63, 3.8) is 0 Å². The fraction of sp³-hybridized carbons (Fsp3) is 0.500. The van der Waals surface area contributed by atoms with E-state index in [2.05, 4.69) is 29.9 Å². The first kappa shape index (κ1) is 33.2. The van der Waals surface area contributed by atoms with Gasteiger partial charge in [-0.2, -0.15) is 8.42 Å². The number of allylic oxidation sites excluding steroid dienone is 3. The van der Waals surface area contributed by atoms with Crippen LogP contribution in [0.2, 0.25) is 0 Å². The van der Waals surface area contributed by atoms with Crippen LogP contribution in [0.1, 0.15) is 65.6 Å². The second kappa shape index (κ2) is 14.9. The molecule has 3 rings (SSSR count). The molecule has 0 saturated carbocycles. The predicted molar refractivity (Wildman–Crippen MR) is 156 cm³/mol. The minimum atomic E-state index is -3.57. The van der Waals surface area contributed by atoms with E-state index in [-0.39, 0.29) is 18.7 Å². The van der Waals surface area contributed by atoms with E-state index >= 15 is 0 Å². The highest BCUT2D eigenvalue weighted by atomic mass is 32.2. The summed E-state index contributed by atoms with van der Waals surface area (Å²) in [5.41, 5.74) is 4.58. The van der Waals surface area contributed by atoms with Gasteiger partial charge in [-0.1, -0.05) is 56.3 Å². The van der Waals surface area contributed by atoms with Crippen LogP contribution in [0.3, 0.4) is 0 Å². The molecule has 0 radical (unpaired) electrons. The number of carbonyl (C=O) groups excluding carboxylic acids is 1. The summed E-state index contributed by atoms with van der Waals surface area (Å²) in [7, 11) is -3.57. The van der Waals surface area contributed by atoms with Crippen LogP contribution in [0.5, 0.6) is 0 Å². The summed E-state index contributed by atoms with van der Waals surface area (Å²) in [6.07, 6.45) is 15.0. The summed E-state index contributed by atoms with van der Waals surface area (Å²) in [6.45, 7) is 16.2. The zero-order chi connectivity index (χ0) is 29.1. The van der Waals surface area contributed by atoms with Crippen molar-refractivity contribution in [2.45, 2.75) is 60.1 Å². The van der Waals surface area contributed by atoms with Crippen LogP contribution in [0, 0.1) is 12.8 Å². The van der Waals surface area contributed by atoms with Crippen LogP contribution in [-0.2, 0) is 19.0 Å². The van der Waals surface area contributed by atoms with Gasteiger partial charge >= 0.3 is 6.09 Å². The van der Waals surface area contributed by atoms with Gasteiger partial charge in [0, 0.05) is 26.2 Å². The molecule has 1 aromatic carbocycles. The molecule has 1 aromatic rings. The van der Waals surface area contributed by atoms with Crippen molar-refractivity contribution >= 4 is 21.8 Å². The van der Waals surface area contributed by atoms with Crippen LogP contribution in [-0.4, -0.2) is 69.0 Å². The number of hydrogen-bond acceptors (Lipinski definition) is 6. The van der Waals surface area contributed by atoms with Gasteiger partial charge in [0.2, 0.25) is 0 Å². The van der Waals surface area contributed by atoms with Crippen molar-refractivity contribution in [3.8, 4) is 12.8 Å². The summed E-state index contributed by atoms with van der Waals surface area (Å²) in [4.78, 5) is 16.7. The molecule has 0 bridgehead atoms. The van der Waals surface area contributed by atoms with E-state index in [1.165, 1.54) is 0 Å². The van der Waals surface area contributed by atoms with E-state index < -0.39 is 15.7 Å². The maximum absolute atomic E-state index is 12.6. The van der Waals surface area contributed by atoms with Gasteiger partial charge in [-0.3, -0.25) is 9.08 Å². The first-order valence-electron chi connectivity index (χ1n) is 12.9. The maximum Gasteiger partial charge on any atom is 0.410 e. The number of terminal acetylenes is 1. The largest absolute Gasteiger partial charge is 0.444 e. The van der Waals surface area contributed by atoms with Crippen molar-refractivity contribution in [2.75, 3.05) is 39.0 Å². The Hall–Kier alpha value is -2.86. The van der Waals surface area contributed by atoms with Gasteiger partial charge in [-0.05, 0) is 62.5 Å². The lowest BCUT2D eigenvalue weighted by atomic mass is 9.90. The molecule has 8 heteroatoms. The molecule has 1 amide bonds. The number of hydrogen-bond donors (Lipinski definition) is 0. The van der Waals surface area contributed by atoms with E-state index in [0.717, 1.165) is 34.1 Å². The van der Waals surface area contributed by atoms with Crippen molar-refractivity contribution in [2.24, 2.45) is 0 Å². The highest BCUT2D eigenvalue weighted by molar-refractivity contribution is 7.86. The summed E-state index contributed by atoms with van der Waals surface area (Å²) >= 11 is 0. The molecular formula is C30H44N2O5S. The third-order valence-electron chi connectivity index (χ3n) is 5.85. The highest BCUT2D eigenvalue weighted by Crippen LogP contribution is 2.40. The second-order valence-electron chi connectivity index (χ2n) is 9.77. The minimum absolute atomic E-state index is 0.0184. The Bertz CT molecular complexity index is 1150. The van der Waals surface area contributed by atoms with E-state index in [0.29, 0.717) is 26.2 Å². The molecule has 0 N–H and O–H groups in total. The summed E-state index contributed by atoms with van der Waals surface area (Å²) < 4.78 is 34.1. The molecule has 210 valence electrons. The number of fused-ring (bicyclic) bond motifs is 1. The van der Waals surface area contributed by atoms with E-state index in [4.69, 9.17) is 8.92 Å². The molecule has 1 atom stereocenters. The Kier molecular flexibility index (Phi) is 13.0. The zero-order valence-electron chi connectivity index (χ0n) is 24.2. The molecule has 0 aromatic heterocycles. The standard InChI is InChI=1S/C26H36N2O5S.C2H6.C2H2/c1-7-10-21-19(2)17-20(18-32-34(6,30)31)22-11-8-9-12-23(22)24(21)27-13-15-28(16-14-27)25(29)33-26(3,4)5;2*1-2/h7-12,17,24H,13-16,18H2,1-6H3;1-2H3;1-2H/b10-7-;;. The van der Waals surface area contributed by atoms with Crippen LogP contribution in [0.4, 0.5) is 4.79 Å². The monoisotopic (exact) mass is 544 g/mol. The van der Waals surface area contributed by atoms with E-state index in [1.807, 2.05) is 78.8 Å². The van der Waals surface area contributed by atoms with Gasteiger partial charge in [0.1, 0.15) is 5.60 Å². The molecule has 1 saturated heterocycles. The van der Waals surface area contributed by atoms with Crippen LogP contribution < -0.4 is 0 Å². The number of amides is 1. The van der Waals surface area contributed by atoms with Crippen molar-refractivity contribution in [1.82, 2.24) is 9.80 Å². The van der Waals surface area contributed by atoms with Gasteiger partial charge in [0.05, 0.1) is 18.9 Å². The van der Waals surface area contributed by atoms with Gasteiger partial charge in [-0.25, -0.2) is 4.79 Å². The van der Waals surface area contributed by atoms with Gasteiger partial charge < -0.3 is 9.64 Å². The third-order valence-corrected chi connectivity index (χ3v) is 6.39. The Morgan fingerprint density at radius 3 is 2.21 bits per heavy atom. The Labute approximate surface area is 230 Å². The lowest BCUT2D eigenvalue weighted by Gasteiger charge is -2.40. The van der Waals surface area contributed by atoms with Crippen molar-refractivity contribution in [3.05, 3.63) is 64.8 Å². The second-order valence-corrected chi connectivity index (χ2v) is 11.4. The maximum atomic E-state index is 12.6. The zero-order valence-corrected chi connectivity index (χ0v) is 25.0. The molecule has 38 heavy (non-hydrogen) atoms. The number of carbonyl (C=O) groups is 1. The summed E-state index contributed by atoms with van der Waals surface area (Å²) in [5, 5.41) is 0. The molecule has 1 fully saturated rings. The minimum Gasteiger partial charge on any atom is -0.444 e. The average molecular weight is 545 g/mol. The van der Waals surface area contributed by atoms with Crippen LogP contribution in [0.25, 0.3) is 5.57 Å². The van der Waals surface area contributed by atoms with Crippen LogP contribution in [0.15, 0.2) is 53.6 Å². The molecular weight excluding hydrogens is 500 g/mol. The third kappa shape index (κ3) is 9.46. The molecule has 1 heterocycles. The van der Waals surface area contributed by atoms with Crippen molar-refractivity contribution < 1.29 is 22.1 Å². The first-order chi connectivity index (χ1) is 17.9. The Morgan fingerprint density at radius 1 is 1.11 bits per heavy atom. The number of nitrogens with zero attached hydrogens (tertiary/aromatic N) is 2. The number of benzene rings is 1. The molecule has 2 aliphatic rings. The van der Waals surface area contributed by atoms with Gasteiger partial charge in [-0.15, -0.1) is 12.8 Å². The van der Waals surface area contributed by atoms with E-state index in [9.17, 15) is 13.2 Å². The SMILES string of the molecule is C#C.C/C=C\C1=C(C)C=C(COS(C)(=O)=O)c2ccccc2C1N1CCN(C(=O)OC(C)(C)C)CC1.CC. The Balaban J connectivity index is 0.00000172. The molecule has 1 aliphatic carbocycles. The normalized spacial score (nSPS) is 18.3. The number of ether oxygens (including phenoxy) is 1. The average Bonchev–Trinajstić information content (AvgIpc) is 2.98. The predicted octanol–water partition coefficient (Wildman–Crippen LogP) is 5.82. The first-order valence-corrected chi connectivity index (χ1v) is 14.7. The lowest BCUT2D eigenvalue weighted by Crippen LogP contribution is -2.51. The van der Waals surface area contributed by atoms with Crippen LogP contribution >= 0.6 is 0 Å². The lowest BCUT2D eigenvalue weighted by molar-refractivity contribution is 0.0119. The smallest absolute Gasteiger partial charge is 0.410 e. The fourth-order valence-corrected chi connectivity index (χ4v) is 4.75. The van der Waals surface area contributed by atoms with Gasteiger partial charge in [0.25, 0.3) is 10.1 Å². The molecule has 7 nitrogen and oxygen atoms in total. The number of piperazine rings is 1. The topological polar surface area (TPSA) is 76.2 Å². The molecule has 0 spiro atoms. The quantitative estimate of drug-likeness (QED) is 0.343. The van der Waals surface area contributed by atoms with Crippen molar-refractivity contribution in [1.29, 1.82) is 0 Å². The molecule has 1 unspecified atom stereocenters. The van der Waals surface area contributed by atoms with Gasteiger partial charge in [0.15, 0.2) is 0 Å².